The first-order valence-corrected chi connectivity index (χ1v) is 6.88. The maximum Gasteiger partial charge on any atom is 0.367 e. The summed E-state index contributed by atoms with van der Waals surface area (Å²) in [6.45, 7) is 4.47. The zero-order chi connectivity index (χ0) is 14.3. The first-order chi connectivity index (χ1) is 9.08. The zero-order valence-corrected chi connectivity index (χ0v) is 12.1. The molecule has 1 N–H and O–H groups in total. The Morgan fingerprint density at radius 1 is 1.53 bits per heavy atom. The number of carbonyl (C=O) groups is 2. The van der Waals surface area contributed by atoms with Gasteiger partial charge in [0, 0.05) is 25.1 Å². The van der Waals surface area contributed by atoms with Gasteiger partial charge >= 0.3 is 5.97 Å². The van der Waals surface area contributed by atoms with Crippen molar-refractivity contribution in [1.29, 1.82) is 0 Å². The van der Waals surface area contributed by atoms with Crippen LogP contribution < -0.4 is 5.32 Å². The van der Waals surface area contributed by atoms with E-state index in [4.69, 9.17) is 9.47 Å². The van der Waals surface area contributed by atoms with Crippen LogP contribution in [0.15, 0.2) is 5.38 Å². The number of thiazole rings is 1. The molecule has 0 aromatic carbocycles. The third kappa shape index (κ3) is 4.96. The number of hydrogen-bond donors (Lipinski definition) is 1. The fourth-order valence-corrected chi connectivity index (χ4v) is 2.02. The predicted molar refractivity (Wildman–Crippen MR) is 71.5 cm³/mol. The van der Waals surface area contributed by atoms with Crippen LogP contribution in [0.4, 0.5) is 0 Å². The van der Waals surface area contributed by atoms with E-state index in [0.29, 0.717) is 6.61 Å². The second-order valence-electron chi connectivity index (χ2n) is 3.91. The van der Waals surface area contributed by atoms with Crippen molar-refractivity contribution in [2.75, 3.05) is 20.3 Å². The minimum absolute atomic E-state index is 0.0137. The molecule has 19 heavy (non-hydrogen) atoms. The third-order valence-electron chi connectivity index (χ3n) is 2.32. The van der Waals surface area contributed by atoms with Crippen molar-refractivity contribution in [2.45, 2.75) is 26.3 Å². The Morgan fingerprint density at radius 2 is 2.26 bits per heavy atom. The van der Waals surface area contributed by atoms with Gasteiger partial charge in [0.2, 0.25) is 5.01 Å². The van der Waals surface area contributed by atoms with Gasteiger partial charge in [0.25, 0.3) is 5.91 Å². The molecule has 1 amide bonds. The van der Waals surface area contributed by atoms with Crippen molar-refractivity contribution in [3.05, 3.63) is 16.1 Å². The van der Waals surface area contributed by atoms with Crippen LogP contribution >= 0.6 is 11.3 Å². The standard InChI is InChI=1S/C12H18N2O4S/c1-4-18-12(16)11-14-9(7-19-11)10(15)13-8(2)5-6-17-3/h7-8H,4-6H2,1-3H3,(H,13,15). The van der Waals surface area contributed by atoms with Crippen LogP contribution in [0.3, 0.4) is 0 Å². The summed E-state index contributed by atoms with van der Waals surface area (Å²) in [5, 5.41) is 4.53. The lowest BCUT2D eigenvalue weighted by Gasteiger charge is -2.11. The second-order valence-corrected chi connectivity index (χ2v) is 4.77. The summed E-state index contributed by atoms with van der Waals surface area (Å²) in [4.78, 5) is 27.2. The van der Waals surface area contributed by atoms with Crippen LogP contribution in [0, 0.1) is 0 Å². The van der Waals surface area contributed by atoms with Gasteiger partial charge in [0.1, 0.15) is 5.69 Å². The lowest BCUT2D eigenvalue weighted by molar-refractivity contribution is 0.0526. The number of hydrogen-bond acceptors (Lipinski definition) is 6. The quantitative estimate of drug-likeness (QED) is 0.768. The Labute approximate surface area is 116 Å². The number of ether oxygens (including phenoxy) is 2. The van der Waals surface area contributed by atoms with Gasteiger partial charge in [0.15, 0.2) is 0 Å². The highest BCUT2D eigenvalue weighted by molar-refractivity contribution is 7.11. The molecule has 0 saturated heterocycles. The third-order valence-corrected chi connectivity index (χ3v) is 3.14. The minimum atomic E-state index is -0.501. The summed E-state index contributed by atoms with van der Waals surface area (Å²) in [5.74, 6) is -0.797. The van der Waals surface area contributed by atoms with E-state index in [-0.39, 0.29) is 29.3 Å². The molecule has 1 rings (SSSR count). The highest BCUT2D eigenvalue weighted by Gasteiger charge is 2.17. The molecule has 6 nitrogen and oxygen atoms in total. The maximum absolute atomic E-state index is 11.9. The SMILES string of the molecule is CCOC(=O)c1nc(C(=O)NC(C)CCOC)cs1. The number of rotatable bonds is 7. The highest BCUT2D eigenvalue weighted by atomic mass is 32.1. The monoisotopic (exact) mass is 286 g/mol. The molecule has 1 atom stereocenters. The van der Waals surface area contributed by atoms with E-state index in [9.17, 15) is 9.59 Å². The molecular formula is C12H18N2O4S. The summed E-state index contributed by atoms with van der Waals surface area (Å²) >= 11 is 1.10. The van der Waals surface area contributed by atoms with Gasteiger partial charge in [-0.25, -0.2) is 9.78 Å². The smallest absolute Gasteiger partial charge is 0.367 e. The van der Waals surface area contributed by atoms with Crippen molar-refractivity contribution in [3.8, 4) is 0 Å². The van der Waals surface area contributed by atoms with Gasteiger partial charge in [0.05, 0.1) is 6.61 Å². The van der Waals surface area contributed by atoms with Crippen LogP contribution in [0.2, 0.25) is 0 Å². The molecule has 0 radical (unpaired) electrons. The van der Waals surface area contributed by atoms with Crippen LogP contribution in [0.5, 0.6) is 0 Å². The van der Waals surface area contributed by atoms with Crippen LogP contribution in [-0.4, -0.2) is 43.2 Å². The normalized spacial score (nSPS) is 11.9. The van der Waals surface area contributed by atoms with Crippen LogP contribution in [0.1, 0.15) is 40.6 Å². The number of aromatic nitrogens is 1. The number of nitrogens with zero attached hydrogens (tertiary/aromatic N) is 1. The first kappa shape index (κ1) is 15.6. The Hall–Kier alpha value is -1.47. The second kappa shape index (κ2) is 7.85. The van der Waals surface area contributed by atoms with Crippen LogP contribution in [-0.2, 0) is 9.47 Å². The number of esters is 1. The van der Waals surface area contributed by atoms with E-state index in [1.54, 1.807) is 19.4 Å². The Balaban J connectivity index is 2.56. The molecule has 0 aliphatic carbocycles. The number of methoxy groups -OCH3 is 1. The molecule has 0 bridgehead atoms. The Bertz CT molecular complexity index is 433. The Morgan fingerprint density at radius 3 is 2.89 bits per heavy atom. The summed E-state index contributed by atoms with van der Waals surface area (Å²) in [5.41, 5.74) is 0.234. The van der Waals surface area contributed by atoms with Crippen molar-refractivity contribution >= 4 is 23.2 Å². The lowest BCUT2D eigenvalue weighted by atomic mass is 10.2. The molecule has 0 spiro atoms. The van der Waals surface area contributed by atoms with E-state index in [0.717, 1.165) is 17.8 Å². The molecule has 1 aromatic heterocycles. The summed E-state index contributed by atoms with van der Waals surface area (Å²) in [6.07, 6.45) is 0.719. The predicted octanol–water partition coefficient (Wildman–Crippen LogP) is 1.47. The number of carbonyl (C=O) groups excluding carboxylic acids is 2. The number of nitrogens with one attached hydrogen (secondary N) is 1. The van der Waals surface area contributed by atoms with E-state index in [1.165, 1.54) is 0 Å². The van der Waals surface area contributed by atoms with Crippen LogP contribution in [0.25, 0.3) is 0 Å². The fraction of sp³-hybridized carbons (Fsp3) is 0.583. The van der Waals surface area contributed by atoms with Crippen molar-refractivity contribution in [2.24, 2.45) is 0 Å². The molecule has 1 unspecified atom stereocenters. The van der Waals surface area contributed by atoms with E-state index >= 15 is 0 Å². The molecule has 106 valence electrons. The van der Waals surface area contributed by atoms with Crippen molar-refractivity contribution in [3.63, 3.8) is 0 Å². The maximum atomic E-state index is 11.9. The first-order valence-electron chi connectivity index (χ1n) is 6.01. The summed E-state index contributed by atoms with van der Waals surface area (Å²) in [6, 6.07) is -0.0137. The van der Waals surface area contributed by atoms with Gasteiger partial charge in [-0.05, 0) is 20.3 Å². The lowest BCUT2D eigenvalue weighted by Crippen LogP contribution is -2.33. The van der Waals surface area contributed by atoms with Crippen molar-refractivity contribution < 1.29 is 19.1 Å². The van der Waals surface area contributed by atoms with Gasteiger partial charge in [-0.3, -0.25) is 4.79 Å². The molecule has 0 aliphatic rings. The van der Waals surface area contributed by atoms with E-state index in [2.05, 4.69) is 10.3 Å². The molecule has 0 fully saturated rings. The van der Waals surface area contributed by atoms with Gasteiger partial charge in [-0.15, -0.1) is 11.3 Å². The molecule has 0 saturated carbocycles. The molecule has 1 aromatic rings. The summed E-state index contributed by atoms with van der Waals surface area (Å²) < 4.78 is 9.75. The van der Waals surface area contributed by atoms with Gasteiger partial charge in [-0.2, -0.15) is 0 Å². The number of amides is 1. The fourth-order valence-electron chi connectivity index (χ4n) is 1.33. The topological polar surface area (TPSA) is 77.5 Å². The van der Waals surface area contributed by atoms with Gasteiger partial charge < -0.3 is 14.8 Å². The molecule has 1 heterocycles. The van der Waals surface area contributed by atoms with Crippen molar-refractivity contribution in [1.82, 2.24) is 10.3 Å². The van der Waals surface area contributed by atoms with Gasteiger partial charge in [-0.1, -0.05) is 0 Å². The summed E-state index contributed by atoms with van der Waals surface area (Å²) in [7, 11) is 1.61. The Kier molecular flexibility index (Phi) is 6.44. The van der Waals surface area contributed by atoms with E-state index < -0.39 is 5.97 Å². The average molecular weight is 286 g/mol. The molecule has 0 aliphatic heterocycles. The average Bonchev–Trinajstić information content (AvgIpc) is 2.86. The molecular weight excluding hydrogens is 268 g/mol. The van der Waals surface area contributed by atoms with E-state index in [1.807, 2.05) is 6.92 Å². The molecule has 7 heteroatoms. The minimum Gasteiger partial charge on any atom is -0.461 e. The highest BCUT2D eigenvalue weighted by Crippen LogP contribution is 2.11. The largest absolute Gasteiger partial charge is 0.461 e. The zero-order valence-electron chi connectivity index (χ0n) is 11.3.